The molecule has 140 valence electrons. The monoisotopic (exact) mass is 420 g/mol. The molecule has 1 N–H and O–H groups in total. The molecule has 0 aliphatic heterocycles. The lowest BCUT2D eigenvalue weighted by Crippen LogP contribution is -2.27. The maximum absolute atomic E-state index is 12.2. The van der Waals surface area contributed by atoms with Crippen LogP contribution in [0.15, 0.2) is 47.8 Å². The van der Waals surface area contributed by atoms with E-state index in [0.717, 1.165) is 11.3 Å². The van der Waals surface area contributed by atoms with Crippen molar-refractivity contribution in [1.29, 1.82) is 0 Å². The molecule has 1 aromatic heterocycles. The van der Waals surface area contributed by atoms with Gasteiger partial charge >= 0.3 is 0 Å². The van der Waals surface area contributed by atoms with E-state index < -0.39 is 0 Å². The SMILES string of the molecule is COc1ccccc1CCNC(=O)Cc1csc(-c2c(Cl)cccc2Cl)n1. The van der Waals surface area contributed by atoms with E-state index in [2.05, 4.69) is 10.3 Å². The van der Waals surface area contributed by atoms with Crippen molar-refractivity contribution in [2.45, 2.75) is 12.8 Å². The molecule has 0 aliphatic carbocycles. The molecular weight excluding hydrogens is 403 g/mol. The number of aromatic nitrogens is 1. The molecular formula is C20H18Cl2N2O2S. The number of benzene rings is 2. The number of ether oxygens (including phenoxy) is 1. The summed E-state index contributed by atoms with van der Waals surface area (Å²) in [6.45, 7) is 0.534. The summed E-state index contributed by atoms with van der Waals surface area (Å²) in [6.07, 6.45) is 0.914. The second-order valence-corrected chi connectivity index (χ2v) is 7.50. The Morgan fingerprint density at radius 3 is 2.63 bits per heavy atom. The highest BCUT2D eigenvalue weighted by Crippen LogP contribution is 2.36. The summed E-state index contributed by atoms with van der Waals surface area (Å²) in [4.78, 5) is 16.7. The highest BCUT2D eigenvalue weighted by molar-refractivity contribution is 7.13. The van der Waals surface area contributed by atoms with E-state index in [9.17, 15) is 4.79 Å². The predicted molar refractivity (Wildman–Crippen MR) is 111 cm³/mol. The molecule has 0 unspecified atom stereocenters. The van der Waals surface area contributed by atoms with Crippen LogP contribution in [0.25, 0.3) is 10.6 Å². The molecule has 0 atom stereocenters. The number of halogens is 2. The highest BCUT2D eigenvalue weighted by Gasteiger charge is 2.14. The minimum Gasteiger partial charge on any atom is -0.496 e. The van der Waals surface area contributed by atoms with Gasteiger partial charge in [-0.3, -0.25) is 4.79 Å². The Morgan fingerprint density at radius 2 is 1.89 bits per heavy atom. The average Bonchev–Trinajstić information content (AvgIpc) is 3.10. The fraction of sp³-hybridized carbons (Fsp3) is 0.200. The van der Waals surface area contributed by atoms with Gasteiger partial charge in [0.25, 0.3) is 0 Å². The number of carbonyl (C=O) groups is 1. The molecule has 3 rings (SSSR count). The first-order valence-electron chi connectivity index (χ1n) is 8.36. The van der Waals surface area contributed by atoms with Crippen molar-refractivity contribution in [3.05, 3.63) is 69.1 Å². The van der Waals surface area contributed by atoms with Gasteiger partial charge in [-0.1, -0.05) is 47.5 Å². The van der Waals surface area contributed by atoms with Crippen LogP contribution >= 0.6 is 34.5 Å². The molecule has 27 heavy (non-hydrogen) atoms. The van der Waals surface area contributed by atoms with Crippen LogP contribution in [0.5, 0.6) is 5.75 Å². The number of methoxy groups -OCH3 is 1. The van der Waals surface area contributed by atoms with Gasteiger partial charge in [-0.25, -0.2) is 4.98 Å². The number of carbonyl (C=O) groups excluding carboxylic acids is 1. The third-order valence-corrected chi connectivity index (χ3v) is 5.52. The topological polar surface area (TPSA) is 51.2 Å². The third-order valence-electron chi connectivity index (χ3n) is 3.98. The lowest BCUT2D eigenvalue weighted by atomic mass is 10.1. The van der Waals surface area contributed by atoms with Gasteiger partial charge in [0.1, 0.15) is 10.8 Å². The number of thiazole rings is 1. The Kier molecular flexibility index (Phi) is 6.72. The van der Waals surface area contributed by atoms with Gasteiger partial charge in [0, 0.05) is 17.5 Å². The van der Waals surface area contributed by atoms with Crippen LogP contribution < -0.4 is 10.1 Å². The van der Waals surface area contributed by atoms with E-state index in [0.29, 0.717) is 39.3 Å². The first-order chi connectivity index (χ1) is 13.1. The van der Waals surface area contributed by atoms with Gasteiger partial charge < -0.3 is 10.1 Å². The van der Waals surface area contributed by atoms with Crippen LogP contribution in [0, 0.1) is 0 Å². The van der Waals surface area contributed by atoms with Crippen molar-refractivity contribution in [1.82, 2.24) is 10.3 Å². The molecule has 2 aromatic carbocycles. The lowest BCUT2D eigenvalue weighted by molar-refractivity contribution is -0.120. The maximum atomic E-state index is 12.2. The van der Waals surface area contributed by atoms with Gasteiger partial charge in [0.15, 0.2) is 0 Å². The van der Waals surface area contributed by atoms with Crippen LogP contribution in [-0.2, 0) is 17.6 Å². The molecule has 1 heterocycles. The van der Waals surface area contributed by atoms with Gasteiger partial charge in [-0.05, 0) is 30.2 Å². The number of hydrogen-bond donors (Lipinski definition) is 1. The zero-order valence-corrected chi connectivity index (χ0v) is 17.0. The number of amides is 1. The van der Waals surface area contributed by atoms with Crippen LogP contribution in [0.2, 0.25) is 10.0 Å². The fourth-order valence-corrected chi connectivity index (χ4v) is 4.26. The Bertz CT molecular complexity index is 923. The molecule has 0 saturated carbocycles. The van der Waals surface area contributed by atoms with E-state index >= 15 is 0 Å². The second-order valence-electron chi connectivity index (χ2n) is 5.83. The summed E-state index contributed by atoms with van der Waals surface area (Å²) < 4.78 is 5.32. The van der Waals surface area contributed by atoms with Crippen molar-refractivity contribution in [2.24, 2.45) is 0 Å². The molecule has 4 nitrogen and oxygen atoms in total. The van der Waals surface area contributed by atoms with Crippen molar-refractivity contribution >= 4 is 40.4 Å². The Hall–Kier alpha value is -2.08. The maximum Gasteiger partial charge on any atom is 0.226 e. The summed E-state index contributed by atoms with van der Waals surface area (Å²) in [6, 6.07) is 13.1. The van der Waals surface area contributed by atoms with E-state index in [1.807, 2.05) is 29.6 Å². The van der Waals surface area contributed by atoms with Gasteiger partial charge in [0.2, 0.25) is 5.91 Å². The summed E-state index contributed by atoms with van der Waals surface area (Å²) in [5, 5.41) is 6.58. The van der Waals surface area contributed by atoms with Crippen molar-refractivity contribution < 1.29 is 9.53 Å². The molecule has 0 saturated heterocycles. The largest absolute Gasteiger partial charge is 0.496 e. The van der Waals surface area contributed by atoms with Crippen LogP contribution in [0.3, 0.4) is 0 Å². The van der Waals surface area contributed by atoms with Crippen LogP contribution in [0.1, 0.15) is 11.3 Å². The van der Waals surface area contributed by atoms with E-state index in [4.69, 9.17) is 27.9 Å². The third kappa shape index (κ3) is 5.01. The Labute approximate surface area is 172 Å². The van der Waals surface area contributed by atoms with Gasteiger partial charge in [-0.15, -0.1) is 11.3 Å². The van der Waals surface area contributed by atoms with Crippen LogP contribution in [-0.4, -0.2) is 24.5 Å². The molecule has 0 spiro atoms. The molecule has 3 aromatic rings. The molecule has 0 aliphatic rings. The summed E-state index contributed by atoms with van der Waals surface area (Å²) in [5.74, 6) is 0.750. The molecule has 7 heteroatoms. The summed E-state index contributed by atoms with van der Waals surface area (Å²) >= 11 is 13.9. The first kappa shape index (κ1) is 19.7. The number of nitrogens with zero attached hydrogens (tertiary/aromatic N) is 1. The minimum atomic E-state index is -0.0768. The second kappa shape index (κ2) is 9.22. The number of para-hydroxylation sites is 1. The van der Waals surface area contributed by atoms with Gasteiger partial charge in [-0.2, -0.15) is 0 Å². The lowest BCUT2D eigenvalue weighted by Gasteiger charge is -2.08. The Morgan fingerprint density at radius 1 is 1.15 bits per heavy atom. The fourth-order valence-electron chi connectivity index (χ4n) is 2.68. The summed E-state index contributed by atoms with van der Waals surface area (Å²) in [5.41, 5.74) is 2.46. The van der Waals surface area contributed by atoms with Crippen molar-refractivity contribution in [3.63, 3.8) is 0 Å². The minimum absolute atomic E-state index is 0.0768. The molecule has 0 radical (unpaired) electrons. The zero-order valence-electron chi connectivity index (χ0n) is 14.7. The van der Waals surface area contributed by atoms with Gasteiger partial charge in [0.05, 0.1) is 29.3 Å². The normalized spacial score (nSPS) is 10.6. The quantitative estimate of drug-likeness (QED) is 0.583. The number of nitrogens with one attached hydrogen (secondary N) is 1. The predicted octanol–water partition coefficient (Wildman–Crippen LogP) is 5.03. The van der Waals surface area contributed by atoms with E-state index in [-0.39, 0.29) is 12.3 Å². The first-order valence-corrected chi connectivity index (χ1v) is 9.99. The number of rotatable bonds is 7. The molecule has 0 fully saturated rings. The Balaban J connectivity index is 1.57. The average molecular weight is 421 g/mol. The van der Waals surface area contributed by atoms with E-state index in [1.54, 1.807) is 25.3 Å². The molecule has 1 amide bonds. The van der Waals surface area contributed by atoms with Crippen LogP contribution in [0.4, 0.5) is 0 Å². The van der Waals surface area contributed by atoms with Crippen molar-refractivity contribution in [2.75, 3.05) is 13.7 Å². The molecule has 0 bridgehead atoms. The number of hydrogen-bond acceptors (Lipinski definition) is 4. The van der Waals surface area contributed by atoms with Crippen molar-refractivity contribution in [3.8, 4) is 16.3 Å². The zero-order chi connectivity index (χ0) is 19.2. The summed E-state index contributed by atoms with van der Waals surface area (Å²) in [7, 11) is 1.64. The highest BCUT2D eigenvalue weighted by atomic mass is 35.5. The standard InChI is InChI=1S/C20H18Cl2N2O2S/c1-26-17-8-3-2-5-13(17)9-10-23-18(25)11-14-12-27-20(24-14)19-15(21)6-4-7-16(19)22/h2-8,12H,9-11H2,1H3,(H,23,25). The van der Waals surface area contributed by atoms with E-state index in [1.165, 1.54) is 11.3 Å². The smallest absolute Gasteiger partial charge is 0.226 e.